The first-order valence-electron chi connectivity index (χ1n) is 7.53. The summed E-state index contributed by atoms with van der Waals surface area (Å²) in [6, 6.07) is 16.7. The van der Waals surface area contributed by atoms with Crippen molar-refractivity contribution in [3.05, 3.63) is 71.8 Å². The van der Waals surface area contributed by atoms with Crippen LogP contribution in [0.1, 0.15) is 17.2 Å². The monoisotopic (exact) mass is 310 g/mol. The third-order valence-electron chi connectivity index (χ3n) is 3.95. The Morgan fingerprint density at radius 2 is 1.48 bits per heavy atom. The lowest BCUT2D eigenvalue weighted by Crippen LogP contribution is -2.63. The van der Waals surface area contributed by atoms with Gasteiger partial charge < -0.3 is 15.7 Å². The average Bonchev–Trinajstić information content (AvgIpc) is 2.59. The molecule has 5 nitrogen and oxygen atoms in total. The highest BCUT2D eigenvalue weighted by molar-refractivity contribution is 5.97. The molecule has 0 bridgehead atoms. The first kappa shape index (κ1) is 15.2. The number of carbonyl (C=O) groups excluding carboxylic acids is 2. The molecule has 2 aromatic carbocycles. The SMILES string of the molecule is O=C1N[C@@H]([C@@H](O)c2ccccc2)C(=O)N[C@H]1Cc1ccccc1. The average molecular weight is 310 g/mol. The molecule has 118 valence electrons. The van der Waals surface area contributed by atoms with Crippen molar-refractivity contribution in [2.45, 2.75) is 24.6 Å². The Hall–Kier alpha value is -2.66. The van der Waals surface area contributed by atoms with Crippen molar-refractivity contribution < 1.29 is 14.7 Å². The molecule has 2 aromatic rings. The molecule has 0 spiro atoms. The standard InChI is InChI=1S/C18H18N2O3/c21-16(13-9-5-2-6-10-13)15-18(23)19-14(17(22)20-15)11-12-7-3-1-4-8-12/h1-10,14-16,21H,11H2,(H,19,23)(H,20,22)/t14-,15-,16-/m0/s1. The number of carbonyl (C=O) groups is 2. The van der Waals surface area contributed by atoms with Crippen molar-refractivity contribution >= 4 is 11.8 Å². The molecule has 1 fully saturated rings. The smallest absolute Gasteiger partial charge is 0.246 e. The zero-order valence-corrected chi connectivity index (χ0v) is 12.5. The zero-order chi connectivity index (χ0) is 16.2. The second-order valence-corrected chi connectivity index (χ2v) is 5.59. The molecule has 0 aliphatic carbocycles. The van der Waals surface area contributed by atoms with E-state index < -0.39 is 18.2 Å². The van der Waals surface area contributed by atoms with Crippen LogP contribution < -0.4 is 10.6 Å². The van der Waals surface area contributed by atoms with E-state index in [2.05, 4.69) is 10.6 Å². The number of amides is 2. The maximum atomic E-state index is 12.3. The Bertz CT molecular complexity index is 688. The molecule has 1 heterocycles. The van der Waals surface area contributed by atoms with Crippen LogP contribution in [0.25, 0.3) is 0 Å². The second-order valence-electron chi connectivity index (χ2n) is 5.59. The van der Waals surface area contributed by atoms with Crippen molar-refractivity contribution in [1.82, 2.24) is 10.6 Å². The van der Waals surface area contributed by atoms with Gasteiger partial charge in [0.25, 0.3) is 0 Å². The molecule has 1 aliphatic rings. The van der Waals surface area contributed by atoms with Crippen LogP contribution in [0.2, 0.25) is 0 Å². The lowest BCUT2D eigenvalue weighted by molar-refractivity contribution is -0.139. The van der Waals surface area contributed by atoms with Crippen LogP contribution >= 0.6 is 0 Å². The highest BCUT2D eigenvalue weighted by atomic mass is 16.3. The molecule has 1 aliphatic heterocycles. The third-order valence-corrected chi connectivity index (χ3v) is 3.95. The minimum absolute atomic E-state index is 0.284. The summed E-state index contributed by atoms with van der Waals surface area (Å²) in [5.74, 6) is -0.657. The van der Waals surface area contributed by atoms with Gasteiger partial charge in [-0.25, -0.2) is 0 Å². The van der Waals surface area contributed by atoms with Gasteiger partial charge in [0.15, 0.2) is 0 Å². The van der Waals surface area contributed by atoms with Crippen molar-refractivity contribution in [1.29, 1.82) is 0 Å². The lowest BCUT2D eigenvalue weighted by Gasteiger charge is -2.32. The number of hydrogen-bond acceptors (Lipinski definition) is 3. The molecule has 0 aromatic heterocycles. The van der Waals surface area contributed by atoms with Gasteiger partial charge in [0, 0.05) is 6.42 Å². The van der Waals surface area contributed by atoms with Crippen molar-refractivity contribution in [2.75, 3.05) is 0 Å². The van der Waals surface area contributed by atoms with Crippen LogP contribution in [-0.2, 0) is 16.0 Å². The minimum Gasteiger partial charge on any atom is -0.386 e. The fourth-order valence-corrected chi connectivity index (χ4v) is 2.70. The van der Waals surface area contributed by atoms with Crippen molar-refractivity contribution in [2.24, 2.45) is 0 Å². The van der Waals surface area contributed by atoms with E-state index in [0.717, 1.165) is 5.56 Å². The molecule has 3 rings (SSSR count). The number of benzene rings is 2. The van der Waals surface area contributed by atoms with E-state index >= 15 is 0 Å². The summed E-state index contributed by atoms with van der Waals surface area (Å²) < 4.78 is 0. The summed E-state index contributed by atoms with van der Waals surface area (Å²) >= 11 is 0. The normalized spacial score (nSPS) is 22.1. The molecule has 0 saturated carbocycles. The van der Waals surface area contributed by atoms with Gasteiger partial charge in [0.2, 0.25) is 11.8 Å². The molecule has 1 saturated heterocycles. The molecule has 0 radical (unpaired) electrons. The maximum absolute atomic E-state index is 12.3. The summed E-state index contributed by atoms with van der Waals surface area (Å²) in [5, 5.41) is 15.7. The second kappa shape index (κ2) is 6.62. The molecule has 5 heteroatoms. The van der Waals surface area contributed by atoms with Crippen LogP contribution in [0.15, 0.2) is 60.7 Å². The van der Waals surface area contributed by atoms with E-state index in [1.54, 1.807) is 24.3 Å². The third kappa shape index (κ3) is 3.40. The highest BCUT2D eigenvalue weighted by Crippen LogP contribution is 2.19. The predicted molar refractivity (Wildman–Crippen MR) is 85.4 cm³/mol. The zero-order valence-electron chi connectivity index (χ0n) is 12.5. The van der Waals surface area contributed by atoms with Gasteiger partial charge >= 0.3 is 0 Å². The summed E-state index contributed by atoms with van der Waals surface area (Å²) in [6.07, 6.45) is -0.648. The minimum atomic E-state index is -1.07. The molecule has 2 amide bonds. The Labute approximate surface area is 134 Å². The maximum Gasteiger partial charge on any atom is 0.246 e. The van der Waals surface area contributed by atoms with Crippen LogP contribution in [0.3, 0.4) is 0 Å². The van der Waals surface area contributed by atoms with E-state index in [0.29, 0.717) is 12.0 Å². The molecular weight excluding hydrogens is 292 g/mol. The Balaban J connectivity index is 1.70. The Kier molecular flexibility index (Phi) is 4.39. The fourth-order valence-electron chi connectivity index (χ4n) is 2.70. The first-order chi connectivity index (χ1) is 11.1. The topological polar surface area (TPSA) is 78.4 Å². The number of hydrogen-bond donors (Lipinski definition) is 3. The molecule has 0 unspecified atom stereocenters. The largest absolute Gasteiger partial charge is 0.386 e. The fraction of sp³-hybridized carbons (Fsp3) is 0.222. The van der Waals surface area contributed by atoms with Gasteiger partial charge in [-0.05, 0) is 11.1 Å². The first-order valence-corrected chi connectivity index (χ1v) is 7.53. The van der Waals surface area contributed by atoms with Crippen LogP contribution in [-0.4, -0.2) is 29.0 Å². The molecule has 23 heavy (non-hydrogen) atoms. The van der Waals surface area contributed by atoms with E-state index in [1.807, 2.05) is 36.4 Å². The van der Waals surface area contributed by atoms with Crippen LogP contribution in [0.5, 0.6) is 0 Å². The summed E-state index contributed by atoms with van der Waals surface area (Å²) in [5.41, 5.74) is 1.56. The predicted octanol–water partition coefficient (Wildman–Crippen LogP) is 0.946. The lowest BCUT2D eigenvalue weighted by atomic mass is 9.96. The van der Waals surface area contributed by atoms with Gasteiger partial charge in [-0.3, -0.25) is 9.59 Å². The van der Waals surface area contributed by atoms with E-state index in [1.165, 1.54) is 0 Å². The van der Waals surface area contributed by atoms with Gasteiger partial charge in [-0.2, -0.15) is 0 Å². The van der Waals surface area contributed by atoms with Gasteiger partial charge in [-0.15, -0.1) is 0 Å². The van der Waals surface area contributed by atoms with Gasteiger partial charge in [-0.1, -0.05) is 60.7 Å². The molecule has 3 N–H and O–H groups in total. The number of aliphatic hydroxyl groups excluding tert-OH is 1. The summed E-state index contributed by atoms with van der Waals surface area (Å²) in [7, 11) is 0. The quantitative estimate of drug-likeness (QED) is 0.786. The molecule has 3 atom stereocenters. The Morgan fingerprint density at radius 3 is 2.13 bits per heavy atom. The van der Waals surface area contributed by atoms with E-state index in [-0.39, 0.29) is 11.8 Å². The Morgan fingerprint density at radius 1 is 0.870 bits per heavy atom. The molecular formula is C18H18N2O3. The summed E-state index contributed by atoms with van der Waals surface area (Å²) in [6.45, 7) is 0. The number of piperazine rings is 1. The number of rotatable bonds is 4. The van der Waals surface area contributed by atoms with Crippen molar-refractivity contribution in [3.63, 3.8) is 0 Å². The van der Waals surface area contributed by atoms with E-state index in [9.17, 15) is 14.7 Å². The number of nitrogens with one attached hydrogen (secondary N) is 2. The van der Waals surface area contributed by atoms with Gasteiger partial charge in [0.05, 0.1) is 0 Å². The summed E-state index contributed by atoms with van der Waals surface area (Å²) in [4.78, 5) is 24.5. The van der Waals surface area contributed by atoms with E-state index in [4.69, 9.17) is 0 Å². The van der Waals surface area contributed by atoms with Crippen LogP contribution in [0, 0.1) is 0 Å². The van der Waals surface area contributed by atoms with Crippen LogP contribution in [0.4, 0.5) is 0 Å². The highest BCUT2D eigenvalue weighted by Gasteiger charge is 2.38. The number of aliphatic hydroxyl groups is 1. The van der Waals surface area contributed by atoms with Gasteiger partial charge in [0.1, 0.15) is 18.2 Å². The van der Waals surface area contributed by atoms with Crippen molar-refractivity contribution in [3.8, 4) is 0 Å².